The van der Waals surface area contributed by atoms with Crippen molar-refractivity contribution in [2.24, 2.45) is 0 Å². The number of hydrogen-bond donors (Lipinski definition) is 1. The van der Waals surface area contributed by atoms with Crippen molar-refractivity contribution in [3.05, 3.63) is 11.8 Å². The Morgan fingerprint density at radius 3 is 2.38 bits per heavy atom. The van der Waals surface area contributed by atoms with E-state index in [0.717, 1.165) is 12.8 Å². The van der Waals surface area contributed by atoms with Gasteiger partial charge in [-0.05, 0) is 25.3 Å². The topological polar surface area (TPSA) is 20.2 Å². The van der Waals surface area contributed by atoms with Crippen molar-refractivity contribution in [2.45, 2.75) is 25.7 Å². The second-order valence-corrected chi connectivity index (χ2v) is 1.94. The van der Waals surface area contributed by atoms with Gasteiger partial charge in [-0.15, -0.1) is 0 Å². The second-order valence-electron chi connectivity index (χ2n) is 1.94. The van der Waals surface area contributed by atoms with Gasteiger partial charge >= 0.3 is 18.9 Å². The number of aliphatic hydroxyl groups is 1. The average molecular weight is 106 g/mol. The van der Waals surface area contributed by atoms with Gasteiger partial charge in [0.15, 0.2) is 0 Å². The van der Waals surface area contributed by atoms with Gasteiger partial charge in [-0.1, -0.05) is 0 Å². The molecule has 0 spiro atoms. The summed E-state index contributed by atoms with van der Waals surface area (Å²) in [6.45, 7) is 0. The summed E-state index contributed by atoms with van der Waals surface area (Å²) < 4.78 is 0. The molecule has 0 aromatic heterocycles. The Bertz CT molecular complexity index is 88.5. The standard InChI is InChI=1S/C6H10O.Li.H/c7-6-4-2-1-3-5-6;;/h4,7H,1-3,5H2;;. The maximum absolute atomic E-state index is 8.77. The minimum atomic E-state index is 0. The van der Waals surface area contributed by atoms with Gasteiger partial charge in [0, 0.05) is 6.42 Å². The molecule has 0 saturated carbocycles. The Balaban J connectivity index is 0.000000490. The minimum absolute atomic E-state index is 0. The van der Waals surface area contributed by atoms with Crippen LogP contribution in [0.5, 0.6) is 0 Å². The molecule has 0 radical (unpaired) electrons. The molecule has 0 unspecified atom stereocenters. The Morgan fingerprint density at radius 2 is 2.12 bits per heavy atom. The molecule has 0 aromatic carbocycles. The van der Waals surface area contributed by atoms with Crippen molar-refractivity contribution in [1.82, 2.24) is 0 Å². The van der Waals surface area contributed by atoms with E-state index in [2.05, 4.69) is 0 Å². The van der Waals surface area contributed by atoms with Crippen LogP contribution in [-0.2, 0) is 0 Å². The molecule has 0 aromatic rings. The van der Waals surface area contributed by atoms with Crippen molar-refractivity contribution in [3.8, 4) is 0 Å². The predicted octanol–water partition coefficient (Wildman–Crippen LogP) is 1.35. The first-order valence-corrected chi connectivity index (χ1v) is 2.77. The summed E-state index contributed by atoms with van der Waals surface area (Å²) in [5, 5.41) is 8.77. The fourth-order valence-corrected chi connectivity index (χ4v) is 0.821. The van der Waals surface area contributed by atoms with E-state index in [1.165, 1.54) is 12.8 Å². The molecule has 0 fully saturated rings. The molecule has 2 heteroatoms. The Labute approximate surface area is 62.0 Å². The monoisotopic (exact) mass is 106 g/mol. The van der Waals surface area contributed by atoms with Gasteiger partial charge < -0.3 is 5.11 Å². The van der Waals surface area contributed by atoms with Gasteiger partial charge in [0.25, 0.3) is 0 Å². The molecule has 42 valence electrons. The summed E-state index contributed by atoms with van der Waals surface area (Å²) in [6.07, 6.45) is 6.31. The Kier molecular flexibility index (Phi) is 4.13. The molecule has 1 rings (SSSR count). The Morgan fingerprint density at radius 1 is 1.38 bits per heavy atom. The fourth-order valence-electron chi connectivity index (χ4n) is 0.821. The van der Waals surface area contributed by atoms with Crippen LogP contribution in [0.3, 0.4) is 0 Å². The third kappa shape index (κ3) is 2.45. The van der Waals surface area contributed by atoms with Crippen LogP contribution < -0.4 is 0 Å². The molecule has 1 N–H and O–H groups in total. The normalized spacial score (nSPS) is 18.8. The zero-order valence-electron chi connectivity index (χ0n) is 4.35. The molecule has 0 saturated heterocycles. The van der Waals surface area contributed by atoms with Crippen LogP contribution in [0.1, 0.15) is 25.7 Å². The number of rotatable bonds is 0. The van der Waals surface area contributed by atoms with Gasteiger partial charge in [0.2, 0.25) is 0 Å². The molecular weight excluding hydrogens is 95.0 g/mol. The third-order valence-electron chi connectivity index (χ3n) is 1.27. The molecular formula is C6H11LiO. The van der Waals surface area contributed by atoms with Crippen molar-refractivity contribution >= 4 is 18.9 Å². The van der Waals surface area contributed by atoms with Gasteiger partial charge in [-0.3, -0.25) is 0 Å². The van der Waals surface area contributed by atoms with Crippen LogP contribution in [0.2, 0.25) is 0 Å². The van der Waals surface area contributed by atoms with E-state index in [4.69, 9.17) is 5.11 Å². The number of hydrogen-bond acceptors (Lipinski definition) is 1. The van der Waals surface area contributed by atoms with Crippen LogP contribution in [0, 0.1) is 0 Å². The second kappa shape index (κ2) is 4.06. The average Bonchev–Trinajstić information content (AvgIpc) is 1.69. The van der Waals surface area contributed by atoms with Crippen LogP contribution in [0.25, 0.3) is 0 Å². The van der Waals surface area contributed by atoms with E-state index in [-0.39, 0.29) is 18.9 Å². The quantitative estimate of drug-likeness (QED) is 0.462. The van der Waals surface area contributed by atoms with E-state index < -0.39 is 0 Å². The summed E-state index contributed by atoms with van der Waals surface area (Å²) in [7, 11) is 0. The van der Waals surface area contributed by atoms with Gasteiger partial charge in [0.1, 0.15) is 0 Å². The summed E-state index contributed by atoms with van der Waals surface area (Å²) in [5.74, 6) is 0.589. The molecule has 8 heavy (non-hydrogen) atoms. The van der Waals surface area contributed by atoms with Crippen LogP contribution in [-0.4, -0.2) is 24.0 Å². The SMILES string of the molecule is OC1=CCCCC1.[LiH]. The molecule has 0 amide bonds. The maximum atomic E-state index is 8.77. The van der Waals surface area contributed by atoms with Crippen molar-refractivity contribution in [3.63, 3.8) is 0 Å². The molecule has 0 aliphatic heterocycles. The van der Waals surface area contributed by atoms with Crippen LogP contribution in [0.4, 0.5) is 0 Å². The first-order valence-electron chi connectivity index (χ1n) is 2.77. The van der Waals surface area contributed by atoms with Crippen molar-refractivity contribution < 1.29 is 5.11 Å². The first-order chi connectivity index (χ1) is 3.39. The van der Waals surface area contributed by atoms with E-state index in [9.17, 15) is 0 Å². The van der Waals surface area contributed by atoms with E-state index in [1.54, 1.807) is 0 Å². The van der Waals surface area contributed by atoms with Crippen molar-refractivity contribution in [2.75, 3.05) is 0 Å². The molecule has 1 nitrogen and oxygen atoms in total. The third-order valence-corrected chi connectivity index (χ3v) is 1.27. The zero-order chi connectivity index (χ0) is 5.11. The molecule has 0 bridgehead atoms. The summed E-state index contributed by atoms with van der Waals surface area (Å²) in [6, 6.07) is 0. The molecule has 1 aliphatic rings. The predicted molar refractivity (Wildman–Crippen MR) is 36.3 cm³/mol. The van der Waals surface area contributed by atoms with Gasteiger partial charge in [-0.25, -0.2) is 0 Å². The summed E-state index contributed by atoms with van der Waals surface area (Å²) in [4.78, 5) is 0. The van der Waals surface area contributed by atoms with E-state index in [0.29, 0.717) is 5.76 Å². The van der Waals surface area contributed by atoms with E-state index in [1.807, 2.05) is 6.08 Å². The number of allylic oxidation sites excluding steroid dienone is 2. The van der Waals surface area contributed by atoms with E-state index >= 15 is 0 Å². The summed E-state index contributed by atoms with van der Waals surface area (Å²) >= 11 is 0. The summed E-state index contributed by atoms with van der Waals surface area (Å²) in [5.41, 5.74) is 0. The molecule has 0 heterocycles. The van der Waals surface area contributed by atoms with Crippen LogP contribution >= 0.6 is 0 Å². The van der Waals surface area contributed by atoms with Gasteiger partial charge in [-0.2, -0.15) is 0 Å². The van der Waals surface area contributed by atoms with Gasteiger partial charge in [0.05, 0.1) is 5.76 Å². The van der Waals surface area contributed by atoms with Crippen molar-refractivity contribution in [1.29, 1.82) is 0 Å². The number of aliphatic hydroxyl groups excluding tert-OH is 1. The van der Waals surface area contributed by atoms with Crippen LogP contribution in [0.15, 0.2) is 11.8 Å². The molecule has 0 atom stereocenters. The molecule has 1 aliphatic carbocycles. The Hall–Kier alpha value is 0.137. The zero-order valence-corrected chi connectivity index (χ0v) is 4.35. The fraction of sp³-hybridized carbons (Fsp3) is 0.667. The first kappa shape index (κ1) is 8.14.